The van der Waals surface area contributed by atoms with Gasteiger partial charge in [0.05, 0.1) is 12.5 Å². The molecule has 0 aliphatic carbocycles. The lowest BCUT2D eigenvalue weighted by Gasteiger charge is -2.24. The number of ether oxygens (including phenoxy) is 2. The molecule has 0 saturated heterocycles. The largest absolute Gasteiger partial charge is 0.487 e. The van der Waals surface area contributed by atoms with Gasteiger partial charge in [0.2, 0.25) is 5.91 Å². The van der Waals surface area contributed by atoms with Crippen molar-refractivity contribution in [3.05, 3.63) is 64.2 Å². The van der Waals surface area contributed by atoms with Crippen LogP contribution in [0.4, 0.5) is 0 Å². The van der Waals surface area contributed by atoms with Gasteiger partial charge < -0.3 is 14.8 Å². The van der Waals surface area contributed by atoms with Crippen LogP contribution in [0.2, 0.25) is 5.02 Å². The van der Waals surface area contributed by atoms with Crippen LogP contribution in [0.1, 0.15) is 43.9 Å². The predicted molar refractivity (Wildman–Crippen MR) is 117 cm³/mol. The van der Waals surface area contributed by atoms with E-state index in [0.29, 0.717) is 19.6 Å². The monoisotopic (exact) mass is 415 g/mol. The van der Waals surface area contributed by atoms with Crippen LogP contribution in [-0.2, 0) is 28.8 Å². The average molecular weight is 416 g/mol. The SMILES string of the molecule is CC(C)OCCCNC(=O)Cc1ccc2c(c1)C[C@](C)(Cc1ccc(Cl)cc1)O2. The van der Waals surface area contributed by atoms with Crippen molar-refractivity contribution in [3.8, 4) is 5.75 Å². The molecule has 29 heavy (non-hydrogen) atoms. The second-order valence-electron chi connectivity index (χ2n) is 8.27. The normalized spacial score (nSPS) is 17.8. The maximum atomic E-state index is 12.2. The number of benzene rings is 2. The van der Waals surface area contributed by atoms with Crippen LogP contribution in [0.15, 0.2) is 42.5 Å². The van der Waals surface area contributed by atoms with Crippen molar-refractivity contribution >= 4 is 17.5 Å². The van der Waals surface area contributed by atoms with Gasteiger partial charge in [-0.25, -0.2) is 0 Å². The summed E-state index contributed by atoms with van der Waals surface area (Å²) in [6, 6.07) is 14.0. The third kappa shape index (κ3) is 6.48. The maximum absolute atomic E-state index is 12.2. The zero-order valence-electron chi connectivity index (χ0n) is 17.5. The van der Waals surface area contributed by atoms with Crippen molar-refractivity contribution in [2.75, 3.05) is 13.2 Å². The molecule has 1 aliphatic rings. The second-order valence-corrected chi connectivity index (χ2v) is 8.71. The van der Waals surface area contributed by atoms with Crippen molar-refractivity contribution in [1.82, 2.24) is 5.32 Å². The lowest BCUT2D eigenvalue weighted by molar-refractivity contribution is -0.120. The van der Waals surface area contributed by atoms with Gasteiger partial charge in [-0.15, -0.1) is 0 Å². The molecule has 0 bridgehead atoms. The molecular weight excluding hydrogens is 386 g/mol. The molecule has 3 rings (SSSR count). The van der Waals surface area contributed by atoms with Gasteiger partial charge in [-0.1, -0.05) is 35.9 Å². The summed E-state index contributed by atoms with van der Waals surface area (Å²) in [5.41, 5.74) is 3.09. The van der Waals surface area contributed by atoms with E-state index in [9.17, 15) is 4.79 Å². The topological polar surface area (TPSA) is 47.6 Å². The van der Waals surface area contributed by atoms with E-state index in [1.54, 1.807) is 0 Å². The minimum Gasteiger partial charge on any atom is -0.487 e. The lowest BCUT2D eigenvalue weighted by Crippen LogP contribution is -2.32. The van der Waals surface area contributed by atoms with Gasteiger partial charge >= 0.3 is 0 Å². The number of halogens is 1. The van der Waals surface area contributed by atoms with Gasteiger partial charge in [-0.2, -0.15) is 0 Å². The molecule has 0 fully saturated rings. The van der Waals surface area contributed by atoms with Crippen LogP contribution in [0, 0.1) is 0 Å². The molecule has 1 heterocycles. The van der Waals surface area contributed by atoms with Crippen LogP contribution in [0.5, 0.6) is 5.75 Å². The minimum atomic E-state index is -0.284. The summed E-state index contributed by atoms with van der Waals surface area (Å²) < 4.78 is 11.7. The Morgan fingerprint density at radius 1 is 1.21 bits per heavy atom. The average Bonchev–Trinajstić information content (AvgIpc) is 2.98. The Morgan fingerprint density at radius 3 is 2.66 bits per heavy atom. The molecule has 2 aromatic carbocycles. The van der Waals surface area contributed by atoms with E-state index in [1.165, 1.54) is 5.56 Å². The molecule has 1 amide bonds. The van der Waals surface area contributed by atoms with E-state index < -0.39 is 0 Å². The molecule has 1 aliphatic heterocycles. The molecule has 0 unspecified atom stereocenters. The Hall–Kier alpha value is -2.04. The van der Waals surface area contributed by atoms with E-state index in [1.807, 2.05) is 50.2 Å². The summed E-state index contributed by atoms with van der Waals surface area (Å²) in [6.07, 6.45) is 3.07. The van der Waals surface area contributed by atoms with Gasteiger partial charge in [0.15, 0.2) is 0 Å². The number of hydrogen-bond donors (Lipinski definition) is 1. The number of rotatable bonds is 9. The molecule has 1 atom stereocenters. The van der Waals surface area contributed by atoms with Crippen molar-refractivity contribution in [2.45, 2.75) is 58.2 Å². The molecule has 0 radical (unpaired) electrons. The second kappa shape index (κ2) is 9.64. The summed E-state index contributed by atoms with van der Waals surface area (Å²) in [5, 5.41) is 3.71. The number of carbonyl (C=O) groups excluding carboxylic acids is 1. The van der Waals surface area contributed by atoms with E-state index in [-0.39, 0.29) is 17.6 Å². The zero-order valence-corrected chi connectivity index (χ0v) is 18.2. The first-order valence-corrected chi connectivity index (χ1v) is 10.6. The summed E-state index contributed by atoms with van der Waals surface area (Å²) in [5.74, 6) is 0.953. The highest BCUT2D eigenvalue weighted by Crippen LogP contribution is 2.37. The van der Waals surface area contributed by atoms with Crippen molar-refractivity contribution in [1.29, 1.82) is 0 Å². The van der Waals surface area contributed by atoms with Crippen LogP contribution in [-0.4, -0.2) is 30.8 Å². The number of nitrogens with one attached hydrogen (secondary N) is 1. The summed E-state index contributed by atoms with van der Waals surface area (Å²) in [4.78, 5) is 12.2. The Morgan fingerprint density at radius 2 is 1.93 bits per heavy atom. The third-order valence-electron chi connectivity index (χ3n) is 5.00. The predicted octanol–water partition coefficient (Wildman–Crippen LogP) is 4.75. The zero-order chi connectivity index (χ0) is 20.9. The van der Waals surface area contributed by atoms with Crippen molar-refractivity contribution < 1.29 is 14.3 Å². The van der Waals surface area contributed by atoms with Crippen LogP contribution >= 0.6 is 11.6 Å². The Kier molecular flexibility index (Phi) is 7.20. The molecule has 4 nitrogen and oxygen atoms in total. The van der Waals surface area contributed by atoms with Crippen molar-refractivity contribution in [2.24, 2.45) is 0 Å². The summed E-state index contributed by atoms with van der Waals surface area (Å²) in [6.45, 7) is 7.46. The number of hydrogen-bond acceptors (Lipinski definition) is 3. The highest BCUT2D eigenvalue weighted by Gasteiger charge is 2.35. The van der Waals surface area contributed by atoms with E-state index in [0.717, 1.165) is 41.2 Å². The summed E-state index contributed by atoms with van der Waals surface area (Å²) in [7, 11) is 0. The molecular formula is C24H30ClNO3. The van der Waals surface area contributed by atoms with Gasteiger partial charge in [0.1, 0.15) is 11.4 Å². The van der Waals surface area contributed by atoms with Crippen LogP contribution < -0.4 is 10.1 Å². The van der Waals surface area contributed by atoms with Crippen LogP contribution in [0.3, 0.4) is 0 Å². The molecule has 0 aromatic heterocycles. The third-order valence-corrected chi connectivity index (χ3v) is 5.25. The van der Waals surface area contributed by atoms with Gasteiger partial charge in [0, 0.05) is 31.0 Å². The molecule has 0 spiro atoms. The van der Waals surface area contributed by atoms with E-state index in [2.05, 4.69) is 18.3 Å². The molecule has 156 valence electrons. The first-order chi connectivity index (χ1) is 13.8. The minimum absolute atomic E-state index is 0.0392. The van der Waals surface area contributed by atoms with E-state index >= 15 is 0 Å². The first-order valence-electron chi connectivity index (χ1n) is 10.3. The fourth-order valence-electron chi connectivity index (χ4n) is 3.68. The highest BCUT2D eigenvalue weighted by molar-refractivity contribution is 6.30. The van der Waals surface area contributed by atoms with Crippen molar-refractivity contribution in [3.63, 3.8) is 0 Å². The molecule has 0 saturated carbocycles. The van der Waals surface area contributed by atoms with Crippen LogP contribution in [0.25, 0.3) is 0 Å². The molecule has 1 N–H and O–H groups in total. The Labute approximate surface area is 178 Å². The standard InChI is InChI=1S/C24H30ClNO3/c1-17(2)28-12-4-11-26-23(27)14-19-7-10-22-20(13-19)16-24(3,29-22)15-18-5-8-21(25)9-6-18/h5-10,13,17H,4,11-12,14-16H2,1-3H3,(H,26,27)/t24-/m0/s1. The first kappa shape index (κ1) is 21.7. The quantitative estimate of drug-likeness (QED) is 0.601. The maximum Gasteiger partial charge on any atom is 0.224 e. The van der Waals surface area contributed by atoms with Gasteiger partial charge in [0.25, 0.3) is 0 Å². The number of amides is 1. The Bertz CT molecular complexity index is 835. The number of carbonyl (C=O) groups is 1. The van der Waals surface area contributed by atoms with E-state index in [4.69, 9.17) is 21.1 Å². The smallest absolute Gasteiger partial charge is 0.224 e. The lowest BCUT2D eigenvalue weighted by atomic mass is 9.91. The summed E-state index contributed by atoms with van der Waals surface area (Å²) >= 11 is 5.98. The number of fused-ring (bicyclic) bond motifs is 1. The molecule has 2 aromatic rings. The van der Waals surface area contributed by atoms with Gasteiger partial charge in [-0.3, -0.25) is 4.79 Å². The highest BCUT2D eigenvalue weighted by atomic mass is 35.5. The fraction of sp³-hybridized carbons (Fsp3) is 0.458. The Balaban J connectivity index is 1.51. The fourth-order valence-corrected chi connectivity index (χ4v) is 3.81. The van der Waals surface area contributed by atoms with Gasteiger partial charge in [-0.05, 0) is 62.1 Å². The molecule has 5 heteroatoms.